The number of nitrogens with one attached hydrogen (secondary N) is 1. The first-order chi connectivity index (χ1) is 6.77. The Morgan fingerprint density at radius 2 is 2.29 bits per heavy atom. The molecule has 0 atom stereocenters. The molecule has 0 unspecified atom stereocenters. The first-order valence-corrected chi connectivity index (χ1v) is 4.06. The van der Waals surface area contributed by atoms with Crippen molar-refractivity contribution in [3.05, 3.63) is 42.6 Å². The lowest BCUT2D eigenvalue weighted by molar-refractivity contribution is 0.991. The predicted octanol–water partition coefficient (Wildman–Crippen LogP) is 0.551. The largest absolute Gasteiger partial charge is 0.384 e. The zero-order valence-corrected chi connectivity index (χ0v) is 7.38. The third-order valence-corrected chi connectivity index (χ3v) is 1.83. The SMILES string of the molecule is N=C(N)c1ccnc(-n2ccnc2)c1. The average Bonchev–Trinajstić information content (AvgIpc) is 2.71. The molecule has 0 aromatic carbocycles. The highest BCUT2D eigenvalue weighted by Crippen LogP contribution is 2.05. The molecule has 0 fully saturated rings. The van der Waals surface area contributed by atoms with E-state index in [0.29, 0.717) is 11.4 Å². The van der Waals surface area contributed by atoms with Gasteiger partial charge in [0.2, 0.25) is 0 Å². The third-order valence-electron chi connectivity index (χ3n) is 1.83. The van der Waals surface area contributed by atoms with E-state index in [1.807, 2.05) is 0 Å². The van der Waals surface area contributed by atoms with Crippen LogP contribution in [-0.2, 0) is 0 Å². The minimum absolute atomic E-state index is 0.0359. The van der Waals surface area contributed by atoms with Crippen LogP contribution in [0.25, 0.3) is 5.82 Å². The van der Waals surface area contributed by atoms with E-state index in [-0.39, 0.29) is 5.84 Å². The van der Waals surface area contributed by atoms with E-state index in [9.17, 15) is 0 Å². The fraction of sp³-hybridized carbons (Fsp3) is 0. The summed E-state index contributed by atoms with van der Waals surface area (Å²) in [6, 6.07) is 3.44. The van der Waals surface area contributed by atoms with E-state index in [2.05, 4.69) is 9.97 Å². The van der Waals surface area contributed by atoms with Crippen molar-refractivity contribution in [2.75, 3.05) is 0 Å². The van der Waals surface area contributed by atoms with Crippen LogP contribution in [0.3, 0.4) is 0 Å². The van der Waals surface area contributed by atoms with Crippen LogP contribution in [0.1, 0.15) is 5.56 Å². The topological polar surface area (TPSA) is 80.6 Å². The predicted molar refractivity (Wildman–Crippen MR) is 52.4 cm³/mol. The highest BCUT2D eigenvalue weighted by Gasteiger charge is 2.00. The number of amidine groups is 1. The molecule has 0 aliphatic carbocycles. The minimum atomic E-state index is 0.0359. The van der Waals surface area contributed by atoms with Crippen LogP contribution >= 0.6 is 0 Å². The first kappa shape index (κ1) is 8.43. The molecule has 0 aliphatic heterocycles. The standard InChI is InChI=1S/C9H9N5/c10-9(11)7-1-2-13-8(5-7)14-4-3-12-6-14/h1-6H,(H3,10,11). The first-order valence-electron chi connectivity index (χ1n) is 4.06. The van der Waals surface area contributed by atoms with E-state index in [1.54, 1.807) is 41.6 Å². The van der Waals surface area contributed by atoms with Crippen LogP contribution in [0.2, 0.25) is 0 Å². The molecule has 0 aliphatic rings. The number of imidazole rings is 1. The van der Waals surface area contributed by atoms with Gasteiger partial charge < -0.3 is 5.73 Å². The van der Waals surface area contributed by atoms with E-state index in [4.69, 9.17) is 11.1 Å². The van der Waals surface area contributed by atoms with E-state index >= 15 is 0 Å². The summed E-state index contributed by atoms with van der Waals surface area (Å²) in [7, 11) is 0. The lowest BCUT2D eigenvalue weighted by Gasteiger charge is -2.02. The minimum Gasteiger partial charge on any atom is -0.384 e. The van der Waals surface area contributed by atoms with Gasteiger partial charge in [0.05, 0.1) is 0 Å². The number of nitrogen functional groups attached to an aromatic ring is 1. The van der Waals surface area contributed by atoms with E-state index in [1.165, 1.54) is 0 Å². The van der Waals surface area contributed by atoms with Gasteiger partial charge in [-0.2, -0.15) is 0 Å². The summed E-state index contributed by atoms with van der Waals surface area (Å²) in [4.78, 5) is 8.05. The zero-order chi connectivity index (χ0) is 9.97. The van der Waals surface area contributed by atoms with Gasteiger partial charge in [-0.25, -0.2) is 9.97 Å². The third kappa shape index (κ3) is 1.47. The number of pyridine rings is 1. The molecule has 14 heavy (non-hydrogen) atoms. The van der Waals surface area contributed by atoms with Gasteiger partial charge in [0, 0.05) is 24.2 Å². The van der Waals surface area contributed by atoms with Gasteiger partial charge >= 0.3 is 0 Å². The van der Waals surface area contributed by atoms with E-state index in [0.717, 1.165) is 0 Å². The van der Waals surface area contributed by atoms with Crippen LogP contribution in [0.5, 0.6) is 0 Å². The van der Waals surface area contributed by atoms with Gasteiger partial charge in [-0.05, 0) is 12.1 Å². The van der Waals surface area contributed by atoms with Crippen molar-refractivity contribution in [2.24, 2.45) is 5.73 Å². The van der Waals surface area contributed by atoms with Crippen LogP contribution in [-0.4, -0.2) is 20.4 Å². The smallest absolute Gasteiger partial charge is 0.138 e. The molecule has 2 rings (SSSR count). The van der Waals surface area contributed by atoms with Crippen molar-refractivity contribution in [3.63, 3.8) is 0 Å². The fourth-order valence-corrected chi connectivity index (χ4v) is 1.12. The molecule has 2 aromatic heterocycles. The van der Waals surface area contributed by atoms with Gasteiger partial charge in [-0.1, -0.05) is 0 Å². The maximum atomic E-state index is 7.28. The summed E-state index contributed by atoms with van der Waals surface area (Å²) >= 11 is 0. The Balaban J connectivity index is 2.46. The summed E-state index contributed by atoms with van der Waals surface area (Å²) in [6.07, 6.45) is 6.71. The quantitative estimate of drug-likeness (QED) is 0.532. The van der Waals surface area contributed by atoms with Gasteiger partial charge in [-0.15, -0.1) is 0 Å². The van der Waals surface area contributed by atoms with Crippen LogP contribution < -0.4 is 5.73 Å². The number of hydrogen-bond acceptors (Lipinski definition) is 3. The molecule has 5 heteroatoms. The molecule has 0 saturated carbocycles. The number of aromatic nitrogens is 3. The highest BCUT2D eigenvalue weighted by molar-refractivity contribution is 5.95. The number of hydrogen-bond donors (Lipinski definition) is 2. The number of nitrogens with zero attached hydrogens (tertiary/aromatic N) is 3. The van der Waals surface area contributed by atoms with Gasteiger partial charge in [0.1, 0.15) is 18.0 Å². The van der Waals surface area contributed by atoms with Crippen LogP contribution in [0.15, 0.2) is 37.1 Å². The Kier molecular flexibility index (Phi) is 1.98. The van der Waals surface area contributed by atoms with Crippen LogP contribution in [0, 0.1) is 5.41 Å². The summed E-state index contributed by atoms with van der Waals surface area (Å²) in [5.74, 6) is 0.740. The Hall–Kier alpha value is -2.17. The molecule has 3 N–H and O–H groups in total. The molecule has 0 bridgehead atoms. The van der Waals surface area contributed by atoms with Crippen molar-refractivity contribution in [2.45, 2.75) is 0 Å². The summed E-state index contributed by atoms with van der Waals surface area (Å²) in [5, 5.41) is 7.28. The maximum absolute atomic E-state index is 7.28. The normalized spacial score (nSPS) is 10.0. The Bertz CT molecular complexity index is 446. The van der Waals surface area contributed by atoms with Crippen molar-refractivity contribution in [1.29, 1.82) is 5.41 Å². The number of nitrogens with two attached hydrogens (primary N) is 1. The molecule has 2 heterocycles. The molecule has 2 aromatic rings. The fourth-order valence-electron chi connectivity index (χ4n) is 1.12. The van der Waals surface area contributed by atoms with Crippen molar-refractivity contribution in [1.82, 2.24) is 14.5 Å². The van der Waals surface area contributed by atoms with Crippen molar-refractivity contribution in [3.8, 4) is 5.82 Å². The Morgan fingerprint density at radius 3 is 2.93 bits per heavy atom. The highest BCUT2D eigenvalue weighted by atomic mass is 15.1. The molecule has 5 nitrogen and oxygen atoms in total. The maximum Gasteiger partial charge on any atom is 0.138 e. The summed E-state index contributed by atoms with van der Waals surface area (Å²) in [6.45, 7) is 0. The second-order valence-electron chi connectivity index (χ2n) is 2.79. The molecule has 0 saturated heterocycles. The lowest BCUT2D eigenvalue weighted by Crippen LogP contribution is -2.11. The molecular formula is C9H9N5. The molecule has 0 spiro atoms. The van der Waals surface area contributed by atoms with Gasteiger partial charge in [0.25, 0.3) is 0 Å². The Morgan fingerprint density at radius 1 is 1.43 bits per heavy atom. The average molecular weight is 187 g/mol. The summed E-state index contributed by atoms with van der Waals surface area (Å²) in [5.41, 5.74) is 6.02. The zero-order valence-electron chi connectivity index (χ0n) is 7.38. The molecule has 0 amide bonds. The second-order valence-corrected chi connectivity index (χ2v) is 2.79. The number of rotatable bonds is 2. The molecule has 70 valence electrons. The summed E-state index contributed by atoms with van der Waals surface area (Å²) < 4.78 is 1.76. The monoisotopic (exact) mass is 187 g/mol. The van der Waals surface area contributed by atoms with Crippen molar-refractivity contribution >= 4 is 5.84 Å². The Labute approximate surface area is 80.7 Å². The molecular weight excluding hydrogens is 178 g/mol. The van der Waals surface area contributed by atoms with E-state index < -0.39 is 0 Å². The van der Waals surface area contributed by atoms with Gasteiger partial charge in [0.15, 0.2) is 0 Å². The van der Waals surface area contributed by atoms with Crippen LogP contribution in [0.4, 0.5) is 0 Å². The lowest BCUT2D eigenvalue weighted by atomic mass is 10.2. The van der Waals surface area contributed by atoms with Crippen molar-refractivity contribution < 1.29 is 0 Å². The van der Waals surface area contributed by atoms with Gasteiger partial charge in [-0.3, -0.25) is 9.98 Å². The molecule has 0 radical (unpaired) electrons. The second kappa shape index (κ2) is 3.29.